The number of nitrogens with one attached hydrogen (secondary N) is 2. The topological polar surface area (TPSA) is 87.7 Å². The molecular formula is C25H25N3O4S. The van der Waals surface area contributed by atoms with E-state index in [1.165, 1.54) is 16.2 Å². The molecule has 2 N–H and O–H groups in total. The number of hydrogen-bond acceptors (Lipinski definition) is 5. The Bertz CT molecular complexity index is 1120. The van der Waals surface area contributed by atoms with Crippen LogP contribution in [0.3, 0.4) is 0 Å². The Labute approximate surface area is 196 Å². The Kier molecular flexibility index (Phi) is 7.04. The summed E-state index contributed by atoms with van der Waals surface area (Å²) in [5.74, 6) is -0.481. The highest BCUT2D eigenvalue weighted by Gasteiger charge is 2.46. The number of ether oxygens (including phenoxy) is 1. The van der Waals surface area contributed by atoms with Gasteiger partial charge in [-0.1, -0.05) is 55.5 Å². The van der Waals surface area contributed by atoms with Crippen molar-refractivity contribution in [3.05, 3.63) is 88.1 Å². The number of cyclic esters (lactones) is 1. The molecule has 2 aromatic carbocycles. The smallest absolute Gasteiger partial charge is 0.411 e. The number of rotatable bonds is 8. The summed E-state index contributed by atoms with van der Waals surface area (Å²) < 4.78 is 5.69. The molecule has 2 unspecified atom stereocenters. The number of carbonyl (C=O) groups is 3. The van der Waals surface area contributed by atoms with Crippen molar-refractivity contribution < 1.29 is 19.1 Å². The summed E-state index contributed by atoms with van der Waals surface area (Å²) in [6.07, 6.45) is -0.564. The molecule has 8 heteroatoms. The van der Waals surface area contributed by atoms with Gasteiger partial charge in [-0.2, -0.15) is 0 Å². The second kappa shape index (κ2) is 10.3. The summed E-state index contributed by atoms with van der Waals surface area (Å²) in [5, 5.41) is 7.60. The summed E-state index contributed by atoms with van der Waals surface area (Å²) in [5.41, 5.74) is 2.11. The molecule has 3 amide bonds. The molecule has 1 aliphatic heterocycles. The van der Waals surface area contributed by atoms with E-state index in [2.05, 4.69) is 10.6 Å². The fraction of sp³-hybridized carbons (Fsp3) is 0.240. The van der Waals surface area contributed by atoms with Crippen LogP contribution in [0.2, 0.25) is 0 Å². The molecule has 4 rings (SSSR count). The molecule has 1 aromatic heterocycles. The number of benzene rings is 2. The fourth-order valence-electron chi connectivity index (χ4n) is 3.74. The Hall–Kier alpha value is -3.65. The highest BCUT2D eigenvalue weighted by molar-refractivity contribution is 7.12. The third-order valence-electron chi connectivity index (χ3n) is 5.32. The van der Waals surface area contributed by atoms with E-state index in [0.29, 0.717) is 22.7 Å². The molecule has 0 spiro atoms. The van der Waals surface area contributed by atoms with Crippen molar-refractivity contribution in [2.75, 3.05) is 11.9 Å². The van der Waals surface area contributed by atoms with Crippen molar-refractivity contribution in [3.8, 4) is 0 Å². The van der Waals surface area contributed by atoms with Gasteiger partial charge in [-0.3, -0.25) is 14.5 Å². The molecule has 1 aliphatic rings. The van der Waals surface area contributed by atoms with Gasteiger partial charge in [0, 0.05) is 12.2 Å². The van der Waals surface area contributed by atoms with Gasteiger partial charge in [0.15, 0.2) is 12.1 Å². The number of hydrogen-bond donors (Lipinski definition) is 2. The Morgan fingerprint density at radius 3 is 2.61 bits per heavy atom. The molecule has 0 bridgehead atoms. The molecule has 0 saturated carbocycles. The molecular weight excluding hydrogens is 438 g/mol. The lowest BCUT2D eigenvalue weighted by molar-refractivity contribution is -0.126. The third kappa shape index (κ3) is 5.23. The van der Waals surface area contributed by atoms with Crippen molar-refractivity contribution in [3.63, 3.8) is 0 Å². The number of carbonyl (C=O) groups excluding carboxylic acids is 3. The molecule has 3 aromatic rings. The van der Waals surface area contributed by atoms with Crippen molar-refractivity contribution >= 4 is 34.9 Å². The van der Waals surface area contributed by atoms with Crippen molar-refractivity contribution in [1.29, 1.82) is 0 Å². The summed E-state index contributed by atoms with van der Waals surface area (Å²) in [6.45, 7) is 2.73. The van der Waals surface area contributed by atoms with Gasteiger partial charge in [0.05, 0.1) is 11.4 Å². The summed E-state index contributed by atoms with van der Waals surface area (Å²) in [6, 6.07) is 19.3. The Morgan fingerprint density at radius 2 is 1.88 bits per heavy atom. The Morgan fingerprint density at radius 1 is 1.06 bits per heavy atom. The van der Waals surface area contributed by atoms with E-state index >= 15 is 0 Å². The lowest BCUT2D eigenvalue weighted by Crippen LogP contribution is -2.46. The van der Waals surface area contributed by atoms with E-state index in [1.54, 1.807) is 30.3 Å². The first kappa shape index (κ1) is 22.5. The lowest BCUT2D eigenvalue weighted by atomic mass is 10.00. The number of anilines is 1. The van der Waals surface area contributed by atoms with Crippen LogP contribution in [0.1, 0.15) is 40.2 Å². The van der Waals surface area contributed by atoms with Crippen LogP contribution in [0.15, 0.2) is 72.1 Å². The highest BCUT2D eigenvalue weighted by Crippen LogP contribution is 2.35. The largest absolute Gasteiger partial charge is 0.438 e. The molecule has 33 heavy (non-hydrogen) atoms. The van der Waals surface area contributed by atoms with Gasteiger partial charge >= 0.3 is 6.09 Å². The van der Waals surface area contributed by atoms with E-state index < -0.39 is 18.2 Å². The number of thiophene rings is 1. The second-order valence-electron chi connectivity index (χ2n) is 7.71. The van der Waals surface area contributed by atoms with Gasteiger partial charge in [-0.05, 0) is 41.1 Å². The maximum atomic E-state index is 13.1. The van der Waals surface area contributed by atoms with Gasteiger partial charge in [0.25, 0.3) is 5.91 Å². The van der Waals surface area contributed by atoms with Crippen LogP contribution in [0.25, 0.3) is 0 Å². The third-order valence-corrected chi connectivity index (χ3v) is 6.19. The zero-order chi connectivity index (χ0) is 23.2. The summed E-state index contributed by atoms with van der Waals surface area (Å²) in [7, 11) is 0. The predicted molar refractivity (Wildman–Crippen MR) is 127 cm³/mol. The van der Waals surface area contributed by atoms with Gasteiger partial charge in [0.2, 0.25) is 5.91 Å². The van der Waals surface area contributed by atoms with Crippen LogP contribution in [-0.4, -0.2) is 35.4 Å². The van der Waals surface area contributed by atoms with E-state index in [-0.39, 0.29) is 18.4 Å². The van der Waals surface area contributed by atoms with Crippen LogP contribution >= 0.6 is 11.3 Å². The predicted octanol–water partition coefficient (Wildman–Crippen LogP) is 4.59. The molecule has 0 aliphatic carbocycles. The van der Waals surface area contributed by atoms with Gasteiger partial charge in [-0.15, -0.1) is 11.3 Å². The summed E-state index contributed by atoms with van der Waals surface area (Å²) in [4.78, 5) is 40.4. The first-order chi connectivity index (χ1) is 16.1. The minimum atomic E-state index is -0.826. The van der Waals surface area contributed by atoms with E-state index in [1.807, 2.05) is 48.7 Å². The molecule has 2 heterocycles. The van der Waals surface area contributed by atoms with Crippen LogP contribution in [0.4, 0.5) is 10.5 Å². The van der Waals surface area contributed by atoms with Gasteiger partial charge < -0.3 is 15.4 Å². The molecule has 1 saturated heterocycles. The van der Waals surface area contributed by atoms with Gasteiger partial charge in [-0.25, -0.2) is 4.79 Å². The fourth-order valence-corrected chi connectivity index (χ4v) is 4.36. The normalized spacial score (nSPS) is 17.5. The molecule has 2 atom stereocenters. The van der Waals surface area contributed by atoms with Crippen molar-refractivity contribution in [1.82, 2.24) is 10.2 Å². The average molecular weight is 464 g/mol. The van der Waals surface area contributed by atoms with E-state index in [9.17, 15) is 14.4 Å². The maximum absolute atomic E-state index is 13.1. The molecule has 1 fully saturated rings. The maximum Gasteiger partial charge on any atom is 0.411 e. The van der Waals surface area contributed by atoms with Crippen LogP contribution < -0.4 is 10.6 Å². The molecule has 7 nitrogen and oxygen atoms in total. The molecule has 0 radical (unpaired) electrons. The second-order valence-corrected chi connectivity index (χ2v) is 8.66. The van der Waals surface area contributed by atoms with Crippen LogP contribution in [0, 0.1) is 0 Å². The average Bonchev–Trinajstić information content (AvgIpc) is 3.47. The SMILES string of the molecule is CCCNC(=O)C1C(c2cccc(NC(=O)c3cccs3)c2)OC(=O)N1Cc1ccccc1. The minimum absolute atomic E-state index is 0.214. The van der Waals surface area contributed by atoms with Gasteiger partial charge in [0.1, 0.15) is 0 Å². The first-order valence-electron chi connectivity index (χ1n) is 10.8. The number of nitrogens with zero attached hydrogens (tertiary/aromatic N) is 1. The van der Waals surface area contributed by atoms with E-state index in [0.717, 1.165) is 12.0 Å². The first-order valence-corrected chi connectivity index (χ1v) is 11.7. The van der Waals surface area contributed by atoms with Crippen molar-refractivity contribution in [2.24, 2.45) is 0 Å². The van der Waals surface area contributed by atoms with Crippen LogP contribution in [-0.2, 0) is 16.1 Å². The zero-order valence-corrected chi connectivity index (χ0v) is 19.0. The molecule has 170 valence electrons. The monoisotopic (exact) mass is 463 g/mol. The summed E-state index contributed by atoms with van der Waals surface area (Å²) >= 11 is 1.35. The highest BCUT2D eigenvalue weighted by atomic mass is 32.1. The Balaban J connectivity index is 1.60. The zero-order valence-electron chi connectivity index (χ0n) is 18.2. The van der Waals surface area contributed by atoms with Crippen LogP contribution in [0.5, 0.6) is 0 Å². The van der Waals surface area contributed by atoms with E-state index in [4.69, 9.17) is 4.74 Å². The minimum Gasteiger partial charge on any atom is -0.438 e. The lowest BCUT2D eigenvalue weighted by Gasteiger charge is -2.24. The number of amides is 3. The van der Waals surface area contributed by atoms with Crippen molar-refractivity contribution in [2.45, 2.75) is 32.0 Å². The quantitative estimate of drug-likeness (QED) is 0.512. The standard InChI is InChI=1S/C25H25N3O4S/c1-2-13-26-24(30)21-22(32-25(31)28(21)16-17-8-4-3-5-9-17)18-10-6-11-19(15-18)27-23(29)20-12-7-14-33-20/h3-12,14-15,21-22H,2,13,16H2,1H3,(H,26,30)(H,27,29).